The summed E-state index contributed by atoms with van der Waals surface area (Å²) in [5.74, 6) is 1.21. The number of nitrogen functional groups attached to an aromatic ring is 1. The third kappa shape index (κ3) is 1.96. The summed E-state index contributed by atoms with van der Waals surface area (Å²) in [6, 6.07) is 3.80. The van der Waals surface area contributed by atoms with Crippen LogP contribution in [0.25, 0.3) is 10.6 Å². The van der Waals surface area contributed by atoms with Crippen LogP contribution in [-0.2, 0) is 0 Å². The van der Waals surface area contributed by atoms with Crippen LogP contribution < -0.4 is 5.73 Å². The molecule has 2 N–H and O–H groups in total. The molecular formula is C10H10ClN3S. The van der Waals surface area contributed by atoms with Crippen molar-refractivity contribution >= 4 is 28.8 Å². The minimum Gasteiger partial charge on any atom is -0.383 e. The molecule has 2 aromatic rings. The van der Waals surface area contributed by atoms with Gasteiger partial charge in [-0.3, -0.25) is 0 Å². The Morgan fingerprint density at radius 3 is 2.60 bits per heavy atom. The zero-order chi connectivity index (χ0) is 11.0. The summed E-state index contributed by atoms with van der Waals surface area (Å²) < 4.78 is 0.749. The average Bonchev–Trinajstić information content (AvgIpc) is 2.58. The SMILES string of the molecule is Cc1nc(N)c(C)c(-c2ccc(Cl)s2)n1. The Balaban J connectivity index is 2.62. The van der Waals surface area contributed by atoms with Crippen molar-refractivity contribution < 1.29 is 0 Å². The highest BCUT2D eigenvalue weighted by Gasteiger charge is 2.10. The fourth-order valence-electron chi connectivity index (χ4n) is 1.33. The number of rotatable bonds is 1. The van der Waals surface area contributed by atoms with Gasteiger partial charge in [0, 0.05) is 5.56 Å². The molecule has 0 aliphatic heterocycles. The van der Waals surface area contributed by atoms with Gasteiger partial charge in [0.15, 0.2) is 0 Å². The monoisotopic (exact) mass is 239 g/mol. The van der Waals surface area contributed by atoms with Crippen molar-refractivity contribution in [3.05, 3.63) is 27.9 Å². The van der Waals surface area contributed by atoms with Gasteiger partial charge in [-0.15, -0.1) is 11.3 Å². The van der Waals surface area contributed by atoms with Crippen molar-refractivity contribution in [2.24, 2.45) is 0 Å². The number of halogens is 1. The third-order valence-corrected chi connectivity index (χ3v) is 3.34. The lowest BCUT2D eigenvalue weighted by atomic mass is 10.2. The molecule has 0 amide bonds. The van der Waals surface area contributed by atoms with Crippen molar-refractivity contribution in [1.29, 1.82) is 0 Å². The van der Waals surface area contributed by atoms with Gasteiger partial charge in [-0.05, 0) is 26.0 Å². The van der Waals surface area contributed by atoms with Gasteiger partial charge in [0.2, 0.25) is 0 Å². The van der Waals surface area contributed by atoms with Gasteiger partial charge >= 0.3 is 0 Å². The van der Waals surface area contributed by atoms with E-state index in [1.165, 1.54) is 11.3 Å². The molecule has 2 rings (SSSR count). The van der Waals surface area contributed by atoms with Crippen LogP contribution in [0.3, 0.4) is 0 Å². The second-order valence-corrected chi connectivity index (χ2v) is 4.95. The topological polar surface area (TPSA) is 51.8 Å². The molecule has 15 heavy (non-hydrogen) atoms. The Bertz CT molecular complexity index is 507. The Labute approximate surface area is 96.9 Å². The van der Waals surface area contributed by atoms with Gasteiger partial charge < -0.3 is 5.73 Å². The van der Waals surface area contributed by atoms with E-state index in [9.17, 15) is 0 Å². The zero-order valence-electron chi connectivity index (χ0n) is 8.41. The van der Waals surface area contributed by atoms with Gasteiger partial charge in [0.25, 0.3) is 0 Å². The Kier molecular flexibility index (Phi) is 2.63. The van der Waals surface area contributed by atoms with E-state index in [0.717, 1.165) is 20.5 Å². The van der Waals surface area contributed by atoms with Crippen molar-refractivity contribution in [2.75, 3.05) is 5.73 Å². The van der Waals surface area contributed by atoms with Crippen molar-refractivity contribution in [3.63, 3.8) is 0 Å². The molecule has 0 saturated carbocycles. The first-order valence-corrected chi connectivity index (χ1v) is 5.64. The second-order valence-electron chi connectivity index (χ2n) is 3.23. The molecule has 0 unspecified atom stereocenters. The van der Waals surface area contributed by atoms with Crippen molar-refractivity contribution in [1.82, 2.24) is 9.97 Å². The van der Waals surface area contributed by atoms with E-state index in [1.54, 1.807) is 0 Å². The predicted molar refractivity (Wildman–Crippen MR) is 64.2 cm³/mol. The van der Waals surface area contributed by atoms with Crippen molar-refractivity contribution in [3.8, 4) is 10.6 Å². The lowest BCUT2D eigenvalue weighted by Gasteiger charge is -2.05. The van der Waals surface area contributed by atoms with Gasteiger partial charge in [-0.1, -0.05) is 11.6 Å². The molecule has 2 heterocycles. The van der Waals surface area contributed by atoms with E-state index >= 15 is 0 Å². The van der Waals surface area contributed by atoms with E-state index in [-0.39, 0.29) is 0 Å². The molecule has 0 atom stereocenters. The molecular weight excluding hydrogens is 230 g/mol. The molecule has 5 heteroatoms. The fraction of sp³-hybridized carbons (Fsp3) is 0.200. The molecule has 0 bridgehead atoms. The van der Waals surface area contributed by atoms with Crippen LogP contribution in [0.1, 0.15) is 11.4 Å². The summed E-state index contributed by atoms with van der Waals surface area (Å²) in [6.45, 7) is 3.74. The molecule has 0 fully saturated rings. The summed E-state index contributed by atoms with van der Waals surface area (Å²) in [6.07, 6.45) is 0. The first-order chi connectivity index (χ1) is 7.08. The molecule has 0 aliphatic carbocycles. The summed E-state index contributed by atoms with van der Waals surface area (Å²) in [4.78, 5) is 9.51. The standard InChI is InChI=1S/C10H10ClN3S/c1-5-9(7-3-4-8(11)15-7)13-6(2)14-10(5)12/h3-4H,1-2H3,(H2,12,13,14). The number of thiophene rings is 1. The van der Waals surface area contributed by atoms with Gasteiger partial charge in [-0.2, -0.15) is 0 Å². The Morgan fingerprint density at radius 1 is 1.27 bits per heavy atom. The summed E-state index contributed by atoms with van der Waals surface area (Å²) in [5, 5.41) is 0. The molecule has 0 radical (unpaired) electrons. The minimum atomic E-state index is 0.530. The third-order valence-electron chi connectivity index (χ3n) is 2.10. The Morgan fingerprint density at radius 2 is 2.00 bits per heavy atom. The molecule has 2 aromatic heterocycles. The first kappa shape index (κ1) is 10.4. The highest BCUT2D eigenvalue weighted by molar-refractivity contribution is 7.19. The molecule has 0 aromatic carbocycles. The van der Waals surface area contributed by atoms with Crippen LogP contribution in [0.15, 0.2) is 12.1 Å². The molecule has 0 aliphatic rings. The van der Waals surface area contributed by atoms with Crippen LogP contribution in [0.2, 0.25) is 4.34 Å². The van der Waals surface area contributed by atoms with E-state index in [2.05, 4.69) is 9.97 Å². The number of aromatic nitrogens is 2. The highest BCUT2D eigenvalue weighted by atomic mass is 35.5. The highest BCUT2D eigenvalue weighted by Crippen LogP contribution is 2.32. The van der Waals surface area contributed by atoms with Crippen LogP contribution in [-0.4, -0.2) is 9.97 Å². The average molecular weight is 240 g/mol. The lowest BCUT2D eigenvalue weighted by Crippen LogP contribution is -2.01. The minimum absolute atomic E-state index is 0.530. The Hall–Kier alpha value is -1.13. The summed E-state index contributed by atoms with van der Waals surface area (Å²) in [5.41, 5.74) is 7.56. The summed E-state index contributed by atoms with van der Waals surface area (Å²) >= 11 is 7.38. The smallest absolute Gasteiger partial charge is 0.130 e. The molecule has 0 saturated heterocycles. The normalized spacial score (nSPS) is 10.6. The first-order valence-electron chi connectivity index (χ1n) is 4.44. The lowest BCUT2D eigenvalue weighted by molar-refractivity contribution is 1.05. The van der Waals surface area contributed by atoms with Crippen LogP contribution in [0.4, 0.5) is 5.82 Å². The van der Waals surface area contributed by atoms with E-state index in [4.69, 9.17) is 17.3 Å². The van der Waals surface area contributed by atoms with Gasteiger partial charge in [0.05, 0.1) is 14.9 Å². The molecule has 3 nitrogen and oxygen atoms in total. The van der Waals surface area contributed by atoms with Crippen LogP contribution in [0, 0.1) is 13.8 Å². The van der Waals surface area contributed by atoms with E-state index in [0.29, 0.717) is 11.6 Å². The largest absolute Gasteiger partial charge is 0.383 e. The van der Waals surface area contributed by atoms with Crippen LogP contribution >= 0.6 is 22.9 Å². The van der Waals surface area contributed by atoms with Crippen LogP contribution in [0.5, 0.6) is 0 Å². The fourth-order valence-corrected chi connectivity index (χ4v) is 2.42. The quantitative estimate of drug-likeness (QED) is 0.832. The predicted octanol–water partition coefficient (Wildman–Crippen LogP) is 3.06. The number of nitrogens with zero attached hydrogens (tertiary/aromatic N) is 2. The second kappa shape index (κ2) is 3.79. The number of hydrogen-bond acceptors (Lipinski definition) is 4. The number of hydrogen-bond donors (Lipinski definition) is 1. The van der Waals surface area contributed by atoms with E-state index in [1.807, 2.05) is 26.0 Å². The zero-order valence-corrected chi connectivity index (χ0v) is 9.99. The number of anilines is 1. The molecule has 78 valence electrons. The van der Waals surface area contributed by atoms with E-state index < -0.39 is 0 Å². The number of aryl methyl sites for hydroxylation is 1. The maximum absolute atomic E-state index is 5.89. The van der Waals surface area contributed by atoms with Gasteiger partial charge in [-0.25, -0.2) is 9.97 Å². The maximum Gasteiger partial charge on any atom is 0.130 e. The van der Waals surface area contributed by atoms with Crippen molar-refractivity contribution in [2.45, 2.75) is 13.8 Å². The molecule has 0 spiro atoms. The maximum atomic E-state index is 5.89. The van der Waals surface area contributed by atoms with Gasteiger partial charge in [0.1, 0.15) is 11.6 Å². The number of nitrogens with two attached hydrogens (primary N) is 1. The summed E-state index contributed by atoms with van der Waals surface area (Å²) in [7, 11) is 0.